The van der Waals surface area contributed by atoms with Crippen molar-refractivity contribution in [2.24, 2.45) is 0 Å². The molecule has 24 heavy (non-hydrogen) atoms. The fourth-order valence-corrected chi connectivity index (χ4v) is 6.70. The highest BCUT2D eigenvalue weighted by Crippen LogP contribution is 2.66. The largest absolute Gasteiger partial charge is 0.370 e. The number of unbranched alkanes of at least 4 members (excludes halogenated alkanes) is 4. The highest BCUT2D eigenvalue weighted by Gasteiger charge is 2.54. The van der Waals surface area contributed by atoms with Crippen LogP contribution in [0.5, 0.6) is 0 Å². The van der Waals surface area contributed by atoms with E-state index in [1.807, 2.05) is 0 Å². The molecule has 5 heteroatoms. The van der Waals surface area contributed by atoms with E-state index in [4.69, 9.17) is 4.52 Å². The Morgan fingerprint density at radius 3 is 1.21 bits per heavy atom. The van der Waals surface area contributed by atoms with Gasteiger partial charge in [-0.1, -0.05) is 53.4 Å². The van der Waals surface area contributed by atoms with Gasteiger partial charge in [-0.15, -0.1) is 14.0 Å². The van der Waals surface area contributed by atoms with Gasteiger partial charge in [-0.2, -0.15) is 4.52 Å². The number of rotatable bonds is 16. The average Bonchev–Trinajstić information content (AvgIpc) is 2.59. The summed E-state index contributed by atoms with van der Waals surface area (Å²) in [5.74, 6) is 0. The highest BCUT2D eigenvalue weighted by atomic mass is 31.2. The molecule has 0 aliphatic heterocycles. The van der Waals surface area contributed by atoms with E-state index in [1.165, 1.54) is 44.9 Å². The summed E-state index contributed by atoms with van der Waals surface area (Å²) in [6.45, 7) is 13.3. The fourth-order valence-electron chi connectivity index (χ4n) is 2.96. The van der Waals surface area contributed by atoms with Gasteiger partial charge in [0.15, 0.2) is 0 Å². The molecule has 0 amide bonds. The molecule has 146 valence electrons. The van der Waals surface area contributed by atoms with E-state index < -0.39 is 7.94 Å². The highest BCUT2D eigenvalue weighted by molar-refractivity contribution is 7.64. The summed E-state index contributed by atoms with van der Waals surface area (Å²) in [6.07, 6.45) is 9.74. The average molecular weight is 363 g/mol. The van der Waals surface area contributed by atoms with E-state index in [1.54, 1.807) is 0 Å². The van der Waals surface area contributed by atoms with Crippen molar-refractivity contribution in [3.63, 3.8) is 0 Å². The monoisotopic (exact) mass is 362 g/mol. The van der Waals surface area contributed by atoms with Crippen molar-refractivity contribution < 1.29 is 4.52 Å². The van der Waals surface area contributed by atoms with Crippen LogP contribution < -0.4 is 0 Å². The first-order valence-electron chi connectivity index (χ1n) is 10.2. The Labute approximate surface area is 153 Å². The van der Waals surface area contributed by atoms with Crippen molar-refractivity contribution >= 4 is 7.94 Å². The standard InChI is InChI=1S/C19H45N3OP/c1-8-12-16-20(5)24(23-19-15-11-4,21(6)17-13-9-2)22(7)18-14-10-3/h8-19H2,1-7H3/q+1. The van der Waals surface area contributed by atoms with Crippen LogP contribution >= 0.6 is 7.94 Å². The molecule has 0 fully saturated rings. The second kappa shape index (κ2) is 14.4. The number of nitrogens with zero attached hydrogens (tertiary/aromatic N) is 3. The molecule has 0 bridgehead atoms. The van der Waals surface area contributed by atoms with Gasteiger partial charge >= 0.3 is 7.94 Å². The summed E-state index contributed by atoms with van der Waals surface area (Å²) in [6, 6.07) is 0. The van der Waals surface area contributed by atoms with Crippen LogP contribution in [0.25, 0.3) is 0 Å². The van der Waals surface area contributed by atoms with E-state index in [0.717, 1.165) is 32.7 Å². The Morgan fingerprint density at radius 1 is 0.583 bits per heavy atom. The van der Waals surface area contributed by atoms with Gasteiger partial charge in [-0.05, 0) is 25.7 Å². The number of hydrogen-bond donors (Lipinski definition) is 0. The van der Waals surface area contributed by atoms with Crippen LogP contribution in [0, 0.1) is 0 Å². The first-order valence-corrected chi connectivity index (χ1v) is 11.8. The zero-order valence-electron chi connectivity index (χ0n) is 17.7. The quantitative estimate of drug-likeness (QED) is 0.260. The van der Waals surface area contributed by atoms with Gasteiger partial charge in [-0.25, -0.2) is 0 Å². The molecule has 0 radical (unpaired) electrons. The van der Waals surface area contributed by atoms with E-state index in [-0.39, 0.29) is 0 Å². The molecule has 0 aliphatic carbocycles. The van der Waals surface area contributed by atoms with Gasteiger partial charge in [0.05, 0.1) is 6.61 Å². The van der Waals surface area contributed by atoms with E-state index in [0.29, 0.717) is 0 Å². The minimum Gasteiger partial charge on any atom is -0.181 e. The summed E-state index contributed by atoms with van der Waals surface area (Å²) in [5.41, 5.74) is 0. The van der Waals surface area contributed by atoms with Crippen molar-refractivity contribution in [1.82, 2.24) is 14.0 Å². The SMILES string of the molecule is CCCCO[P+](N(C)CCCC)(N(C)CCCC)N(C)CCCC. The lowest BCUT2D eigenvalue weighted by molar-refractivity contribution is 0.205. The molecule has 0 N–H and O–H groups in total. The summed E-state index contributed by atoms with van der Waals surface area (Å²) in [5, 5.41) is 0. The van der Waals surface area contributed by atoms with Crippen molar-refractivity contribution in [1.29, 1.82) is 0 Å². The van der Waals surface area contributed by atoms with Crippen LogP contribution in [0.1, 0.15) is 79.1 Å². The minimum atomic E-state index is -1.89. The third-order valence-electron chi connectivity index (χ3n) is 4.60. The molecule has 0 aromatic carbocycles. The lowest BCUT2D eigenvalue weighted by Crippen LogP contribution is -2.43. The first-order chi connectivity index (χ1) is 11.5. The Hall–Kier alpha value is 0.270. The van der Waals surface area contributed by atoms with Crippen molar-refractivity contribution in [2.75, 3.05) is 47.4 Å². The molecule has 0 rings (SSSR count). The zero-order chi connectivity index (χ0) is 18.4. The molecule has 0 saturated carbocycles. The molecule has 0 aromatic rings. The molecule has 0 atom stereocenters. The molecule has 0 heterocycles. The van der Waals surface area contributed by atoms with E-state index >= 15 is 0 Å². The Balaban J connectivity index is 5.42. The molecule has 4 nitrogen and oxygen atoms in total. The maximum atomic E-state index is 6.74. The van der Waals surface area contributed by atoms with Gasteiger partial charge in [0.25, 0.3) is 0 Å². The smallest absolute Gasteiger partial charge is 0.181 e. The van der Waals surface area contributed by atoms with E-state index in [2.05, 4.69) is 62.8 Å². The topological polar surface area (TPSA) is 19.0 Å². The lowest BCUT2D eigenvalue weighted by atomic mass is 10.3. The van der Waals surface area contributed by atoms with Crippen molar-refractivity contribution in [2.45, 2.75) is 79.1 Å². The van der Waals surface area contributed by atoms with Gasteiger partial charge in [0, 0.05) is 40.8 Å². The molecule has 0 saturated heterocycles. The third-order valence-corrected chi connectivity index (χ3v) is 8.40. The summed E-state index contributed by atoms with van der Waals surface area (Å²) in [4.78, 5) is 0. The molecule has 0 aromatic heterocycles. The molecule has 0 spiro atoms. The molecule has 0 aliphatic rings. The summed E-state index contributed by atoms with van der Waals surface area (Å²) in [7, 11) is 4.95. The molecule has 0 unspecified atom stereocenters. The Bertz CT molecular complexity index is 256. The zero-order valence-corrected chi connectivity index (χ0v) is 18.6. The summed E-state index contributed by atoms with van der Waals surface area (Å²) >= 11 is 0. The second-order valence-electron chi connectivity index (χ2n) is 6.90. The second-order valence-corrected chi connectivity index (χ2v) is 10.2. The van der Waals surface area contributed by atoms with Crippen LogP contribution in [0.4, 0.5) is 0 Å². The van der Waals surface area contributed by atoms with Gasteiger partial charge in [0.2, 0.25) is 0 Å². The van der Waals surface area contributed by atoms with Crippen LogP contribution in [-0.4, -0.2) is 61.4 Å². The van der Waals surface area contributed by atoms with Crippen LogP contribution in [-0.2, 0) is 4.52 Å². The maximum absolute atomic E-state index is 6.74. The van der Waals surface area contributed by atoms with Crippen LogP contribution in [0.15, 0.2) is 0 Å². The van der Waals surface area contributed by atoms with Crippen LogP contribution in [0.2, 0.25) is 0 Å². The fraction of sp³-hybridized carbons (Fsp3) is 1.00. The van der Waals surface area contributed by atoms with Gasteiger partial charge in [0.1, 0.15) is 0 Å². The predicted octanol–water partition coefficient (Wildman–Crippen LogP) is 5.68. The van der Waals surface area contributed by atoms with Crippen LogP contribution in [0.3, 0.4) is 0 Å². The molecular weight excluding hydrogens is 317 g/mol. The van der Waals surface area contributed by atoms with Crippen molar-refractivity contribution in [3.05, 3.63) is 0 Å². The van der Waals surface area contributed by atoms with Gasteiger partial charge < -0.3 is 0 Å². The lowest BCUT2D eigenvalue weighted by Gasteiger charge is -2.41. The Morgan fingerprint density at radius 2 is 0.917 bits per heavy atom. The maximum Gasteiger partial charge on any atom is 0.370 e. The third kappa shape index (κ3) is 7.66. The molecular formula is C19H45N3OP+. The number of hydrogen-bond acceptors (Lipinski definition) is 4. The van der Waals surface area contributed by atoms with Gasteiger partial charge in [-0.3, -0.25) is 0 Å². The predicted molar refractivity (Wildman–Crippen MR) is 110 cm³/mol. The minimum absolute atomic E-state index is 0.869. The van der Waals surface area contributed by atoms with Crippen molar-refractivity contribution in [3.8, 4) is 0 Å². The van der Waals surface area contributed by atoms with E-state index in [9.17, 15) is 0 Å². The first kappa shape index (κ1) is 24.3. The normalized spacial score (nSPS) is 12.8. The summed E-state index contributed by atoms with van der Waals surface area (Å²) < 4.78 is 14.4. The Kier molecular flexibility index (Phi) is 14.6.